The molecular weight excluding hydrogens is 434 g/mol. The van der Waals surface area contributed by atoms with Crippen LogP contribution < -0.4 is 4.74 Å². The number of hydrogen-bond acceptors (Lipinski definition) is 2. The third-order valence-corrected chi connectivity index (χ3v) is 6.33. The summed E-state index contributed by atoms with van der Waals surface area (Å²) in [6.45, 7) is 2.18. The van der Waals surface area contributed by atoms with Crippen molar-refractivity contribution in [2.24, 2.45) is 5.92 Å². The van der Waals surface area contributed by atoms with Crippen molar-refractivity contribution in [2.45, 2.75) is 20.0 Å². The minimum absolute atomic E-state index is 0.444. The number of nitrogens with one attached hydrogen (secondary N) is 1. The summed E-state index contributed by atoms with van der Waals surface area (Å²) in [6.07, 6.45) is 2.39. The molecule has 2 N–H and O–H groups in total. The van der Waals surface area contributed by atoms with E-state index < -0.39 is 11.9 Å². The second-order valence-electron chi connectivity index (χ2n) is 8.91. The Bertz CT molecular complexity index is 1450. The smallest absolute Gasteiger partial charge is 0.306 e. The Kier molecular flexibility index (Phi) is 6.36. The predicted octanol–water partition coefficient (Wildman–Crippen LogP) is 7.34. The van der Waals surface area contributed by atoms with Gasteiger partial charge in [-0.05, 0) is 70.0 Å². The molecule has 0 aliphatic rings. The van der Waals surface area contributed by atoms with Crippen LogP contribution in [0.4, 0.5) is 0 Å². The maximum absolute atomic E-state index is 11.4. The van der Waals surface area contributed by atoms with Crippen molar-refractivity contribution >= 4 is 16.9 Å². The Balaban J connectivity index is 1.41. The number of carboxylic acids is 1. The maximum atomic E-state index is 11.4. The lowest BCUT2D eigenvalue weighted by Gasteiger charge is -2.15. The zero-order valence-electron chi connectivity index (χ0n) is 19.6. The molecule has 0 aliphatic heterocycles. The number of hydrogen-bond donors (Lipinski definition) is 2. The highest BCUT2D eigenvalue weighted by atomic mass is 16.5. The van der Waals surface area contributed by atoms with Gasteiger partial charge >= 0.3 is 5.97 Å². The highest BCUT2D eigenvalue weighted by Crippen LogP contribution is 2.34. The van der Waals surface area contributed by atoms with Crippen LogP contribution in [-0.2, 0) is 17.8 Å². The van der Waals surface area contributed by atoms with Crippen LogP contribution in [0.15, 0.2) is 103 Å². The van der Waals surface area contributed by atoms with Crippen molar-refractivity contribution in [1.82, 2.24) is 4.98 Å². The molecule has 5 aromatic rings. The first-order valence-electron chi connectivity index (χ1n) is 11.8. The standard InChI is InChI=1S/C31H27NO3/c1-21(31(33)34)17-23-9-14-30(28(18-23)26-12-13-29-27(19-26)15-16-32-29)35-20-22-7-10-25(11-8-22)24-5-3-2-4-6-24/h2-16,18-19,21,32H,17,20H2,1H3,(H,33,34). The summed E-state index contributed by atoms with van der Waals surface area (Å²) in [4.78, 5) is 14.6. The minimum Gasteiger partial charge on any atom is -0.488 e. The Morgan fingerprint density at radius 1 is 0.829 bits per heavy atom. The van der Waals surface area contributed by atoms with Crippen molar-refractivity contribution < 1.29 is 14.6 Å². The zero-order valence-corrected chi connectivity index (χ0v) is 19.6. The first kappa shape index (κ1) is 22.5. The van der Waals surface area contributed by atoms with Crippen LogP contribution >= 0.6 is 0 Å². The van der Waals surface area contributed by atoms with Gasteiger partial charge in [0, 0.05) is 17.3 Å². The average Bonchev–Trinajstić information content (AvgIpc) is 3.37. The van der Waals surface area contributed by atoms with Crippen LogP contribution in [0.3, 0.4) is 0 Å². The Labute approximate surface area is 204 Å². The fourth-order valence-electron chi connectivity index (χ4n) is 4.30. The van der Waals surface area contributed by atoms with Crippen molar-refractivity contribution in [3.05, 3.63) is 114 Å². The van der Waals surface area contributed by atoms with Crippen LogP contribution in [0, 0.1) is 5.92 Å². The van der Waals surface area contributed by atoms with Crippen molar-refractivity contribution in [3.8, 4) is 28.0 Å². The largest absolute Gasteiger partial charge is 0.488 e. The van der Waals surface area contributed by atoms with Gasteiger partial charge in [0.2, 0.25) is 0 Å². The third-order valence-electron chi connectivity index (χ3n) is 6.33. The quantitative estimate of drug-likeness (QED) is 0.254. The van der Waals surface area contributed by atoms with Crippen molar-refractivity contribution in [1.29, 1.82) is 0 Å². The predicted molar refractivity (Wildman–Crippen MR) is 140 cm³/mol. The summed E-state index contributed by atoms with van der Waals surface area (Å²) in [5.41, 5.74) is 7.50. The van der Waals surface area contributed by atoms with E-state index in [4.69, 9.17) is 4.74 Å². The molecule has 0 bridgehead atoms. The summed E-state index contributed by atoms with van der Waals surface area (Å²) in [5.74, 6) is -0.469. The molecule has 0 fully saturated rings. The first-order valence-corrected chi connectivity index (χ1v) is 11.8. The zero-order chi connectivity index (χ0) is 24.2. The molecule has 0 saturated heterocycles. The van der Waals surface area contributed by atoms with Gasteiger partial charge in [0.15, 0.2) is 0 Å². The number of ether oxygens (including phenoxy) is 1. The molecule has 174 valence electrons. The normalized spacial score (nSPS) is 11.9. The van der Waals surface area contributed by atoms with Gasteiger partial charge in [-0.2, -0.15) is 0 Å². The molecule has 0 spiro atoms. The molecule has 5 rings (SSSR count). The van der Waals surface area contributed by atoms with E-state index in [0.29, 0.717) is 13.0 Å². The number of H-pyrrole nitrogens is 1. The van der Waals surface area contributed by atoms with Crippen molar-refractivity contribution in [3.63, 3.8) is 0 Å². The molecule has 0 aliphatic carbocycles. The van der Waals surface area contributed by atoms with Crippen LogP contribution in [0.5, 0.6) is 5.75 Å². The number of aromatic nitrogens is 1. The second-order valence-corrected chi connectivity index (χ2v) is 8.91. The molecule has 0 radical (unpaired) electrons. The molecule has 1 atom stereocenters. The number of aliphatic carboxylic acids is 1. The van der Waals surface area contributed by atoms with Crippen LogP contribution in [0.1, 0.15) is 18.1 Å². The van der Waals surface area contributed by atoms with Gasteiger partial charge in [0.25, 0.3) is 0 Å². The van der Waals surface area contributed by atoms with E-state index in [1.807, 2.05) is 42.6 Å². The Hall–Kier alpha value is -4.31. The van der Waals surface area contributed by atoms with Gasteiger partial charge in [-0.15, -0.1) is 0 Å². The molecule has 0 saturated carbocycles. The lowest BCUT2D eigenvalue weighted by Crippen LogP contribution is -2.12. The SMILES string of the molecule is CC(Cc1ccc(OCc2ccc(-c3ccccc3)cc2)c(-c2ccc3[nH]ccc3c2)c1)C(=O)O. The van der Waals surface area contributed by atoms with Gasteiger partial charge in [-0.3, -0.25) is 4.79 Å². The van der Waals surface area contributed by atoms with Crippen molar-refractivity contribution in [2.75, 3.05) is 0 Å². The molecule has 4 aromatic carbocycles. The number of fused-ring (bicyclic) bond motifs is 1. The van der Waals surface area contributed by atoms with Gasteiger partial charge < -0.3 is 14.8 Å². The minimum atomic E-state index is -0.792. The Morgan fingerprint density at radius 3 is 2.31 bits per heavy atom. The summed E-state index contributed by atoms with van der Waals surface area (Å²) in [5, 5.41) is 10.5. The average molecular weight is 462 g/mol. The van der Waals surface area contributed by atoms with Crippen LogP contribution in [-0.4, -0.2) is 16.1 Å². The summed E-state index contributed by atoms with van der Waals surface area (Å²) >= 11 is 0. The molecule has 1 heterocycles. The second kappa shape index (κ2) is 9.90. The van der Waals surface area contributed by atoms with E-state index in [1.54, 1.807) is 6.92 Å². The van der Waals surface area contributed by atoms with E-state index in [-0.39, 0.29) is 0 Å². The topological polar surface area (TPSA) is 62.3 Å². The van der Waals surface area contributed by atoms with E-state index in [0.717, 1.165) is 38.9 Å². The lowest BCUT2D eigenvalue weighted by atomic mass is 9.96. The number of carboxylic acid groups (broad SMARTS) is 1. The van der Waals surface area contributed by atoms with Gasteiger partial charge in [0.1, 0.15) is 12.4 Å². The number of benzene rings is 4. The maximum Gasteiger partial charge on any atom is 0.306 e. The number of carbonyl (C=O) groups is 1. The van der Waals surface area contributed by atoms with E-state index >= 15 is 0 Å². The lowest BCUT2D eigenvalue weighted by molar-refractivity contribution is -0.141. The van der Waals surface area contributed by atoms with Gasteiger partial charge in [-0.1, -0.05) is 73.7 Å². The molecule has 0 amide bonds. The summed E-state index contributed by atoms with van der Waals surface area (Å²) < 4.78 is 6.30. The van der Waals surface area contributed by atoms with E-state index in [1.165, 1.54) is 11.1 Å². The molecule has 35 heavy (non-hydrogen) atoms. The van der Waals surface area contributed by atoms with E-state index in [9.17, 15) is 9.90 Å². The summed E-state index contributed by atoms with van der Waals surface area (Å²) in [7, 11) is 0. The first-order chi connectivity index (χ1) is 17.1. The van der Waals surface area contributed by atoms with Gasteiger partial charge in [0.05, 0.1) is 5.92 Å². The summed E-state index contributed by atoms with van der Waals surface area (Å²) in [6, 6.07) is 33.0. The molecule has 1 unspecified atom stereocenters. The van der Waals surface area contributed by atoms with Gasteiger partial charge in [-0.25, -0.2) is 0 Å². The number of rotatable bonds is 8. The van der Waals surface area contributed by atoms with Crippen LogP contribution in [0.2, 0.25) is 0 Å². The van der Waals surface area contributed by atoms with Crippen LogP contribution in [0.25, 0.3) is 33.2 Å². The fourth-order valence-corrected chi connectivity index (χ4v) is 4.30. The molecule has 1 aromatic heterocycles. The Morgan fingerprint density at radius 2 is 1.54 bits per heavy atom. The van der Waals surface area contributed by atoms with E-state index in [2.05, 4.69) is 65.6 Å². The highest BCUT2D eigenvalue weighted by molar-refractivity contribution is 5.86. The fraction of sp³-hybridized carbons (Fsp3) is 0.129. The molecule has 4 heteroatoms. The molecule has 4 nitrogen and oxygen atoms in total. The monoisotopic (exact) mass is 461 g/mol. The molecular formula is C31H27NO3. The number of aromatic amines is 1. The highest BCUT2D eigenvalue weighted by Gasteiger charge is 2.15. The third kappa shape index (κ3) is 5.12.